The highest BCUT2D eigenvalue weighted by atomic mass is 16.5. The molecular weight excluding hydrogens is 426 g/mol. The highest BCUT2D eigenvalue weighted by Gasteiger charge is 2.22. The Morgan fingerprint density at radius 2 is 1.79 bits per heavy atom. The van der Waals surface area contributed by atoms with Crippen LogP contribution in [0.15, 0.2) is 77.3 Å². The summed E-state index contributed by atoms with van der Waals surface area (Å²) in [7, 11) is 0. The molecule has 0 spiro atoms. The number of para-hydroxylation sites is 1. The molecule has 2 heterocycles. The van der Waals surface area contributed by atoms with Crippen molar-refractivity contribution < 1.29 is 9.32 Å². The van der Waals surface area contributed by atoms with E-state index in [2.05, 4.69) is 51.8 Å². The number of nitrogens with one attached hydrogen (secondary N) is 1. The number of nitrogens with zero attached hydrogens (tertiary/aromatic N) is 4. The second-order valence-corrected chi connectivity index (χ2v) is 8.41. The first kappa shape index (κ1) is 21.7. The number of rotatable bonds is 5. The number of fused-ring (bicyclic) bond motifs is 1. The molecule has 1 fully saturated rings. The third-order valence-electron chi connectivity index (χ3n) is 6.19. The van der Waals surface area contributed by atoms with Gasteiger partial charge in [0.2, 0.25) is 0 Å². The van der Waals surface area contributed by atoms with Crippen LogP contribution in [0.4, 0.5) is 10.6 Å². The van der Waals surface area contributed by atoms with Gasteiger partial charge < -0.3 is 9.42 Å². The molecule has 7 heteroatoms. The summed E-state index contributed by atoms with van der Waals surface area (Å²) in [6.07, 6.45) is 0.397. The monoisotopic (exact) mass is 451 g/mol. The normalized spacial score (nSPS) is 14.1. The Morgan fingerprint density at radius 1 is 1.00 bits per heavy atom. The van der Waals surface area contributed by atoms with Crippen LogP contribution in [0.3, 0.4) is 0 Å². The van der Waals surface area contributed by atoms with Gasteiger partial charge in [0.25, 0.3) is 0 Å². The van der Waals surface area contributed by atoms with Gasteiger partial charge in [0, 0.05) is 32.7 Å². The van der Waals surface area contributed by atoms with Crippen LogP contribution in [0.5, 0.6) is 0 Å². The fourth-order valence-electron chi connectivity index (χ4n) is 4.40. The van der Waals surface area contributed by atoms with E-state index in [0.29, 0.717) is 30.9 Å². The SMILES string of the molecule is N#CCc1ccccc1-c1cccc(CN2CCN(C(=O)Nc3noc4ccccc34)CC2)c1. The lowest BCUT2D eigenvalue weighted by Crippen LogP contribution is -2.49. The highest BCUT2D eigenvalue weighted by molar-refractivity contribution is 5.98. The number of benzene rings is 3. The minimum Gasteiger partial charge on any atom is -0.354 e. The van der Waals surface area contributed by atoms with Gasteiger partial charge in [-0.05, 0) is 40.5 Å². The van der Waals surface area contributed by atoms with Crippen molar-refractivity contribution >= 4 is 22.8 Å². The van der Waals surface area contributed by atoms with E-state index in [9.17, 15) is 4.79 Å². The maximum absolute atomic E-state index is 12.8. The highest BCUT2D eigenvalue weighted by Crippen LogP contribution is 2.26. The van der Waals surface area contributed by atoms with Gasteiger partial charge in [0.1, 0.15) is 0 Å². The fourth-order valence-corrected chi connectivity index (χ4v) is 4.40. The third-order valence-corrected chi connectivity index (χ3v) is 6.19. The van der Waals surface area contributed by atoms with Gasteiger partial charge in [0.15, 0.2) is 11.4 Å². The van der Waals surface area contributed by atoms with Crippen molar-refractivity contribution in [2.45, 2.75) is 13.0 Å². The van der Waals surface area contributed by atoms with Crippen molar-refractivity contribution in [1.82, 2.24) is 15.0 Å². The number of urea groups is 1. The Bertz CT molecular complexity index is 1350. The van der Waals surface area contributed by atoms with Crippen molar-refractivity contribution in [2.24, 2.45) is 0 Å². The van der Waals surface area contributed by atoms with E-state index in [1.165, 1.54) is 5.56 Å². The lowest BCUT2D eigenvalue weighted by molar-refractivity contribution is 0.143. The number of anilines is 1. The molecule has 4 aromatic rings. The molecule has 5 rings (SSSR count). The molecule has 0 saturated carbocycles. The molecule has 1 aliphatic rings. The van der Waals surface area contributed by atoms with E-state index >= 15 is 0 Å². The number of carbonyl (C=O) groups excluding carboxylic acids is 1. The summed E-state index contributed by atoms with van der Waals surface area (Å²) in [6.45, 7) is 3.70. The van der Waals surface area contributed by atoms with Gasteiger partial charge in [0.05, 0.1) is 17.9 Å². The van der Waals surface area contributed by atoms with Gasteiger partial charge in [-0.25, -0.2) is 4.79 Å². The zero-order chi connectivity index (χ0) is 23.3. The molecule has 0 bridgehead atoms. The van der Waals surface area contributed by atoms with E-state index < -0.39 is 0 Å². The van der Waals surface area contributed by atoms with Crippen molar-refractivity contribution in [2.75, 3.05) is 31.5 Å². The largest absolute Gasteiger partial charge is 0.354 e. The number of carbonyl (C=O) groups is 1. The van der Waals surface area contributed by atoms with Crippen molar-refractivity contribution in [3.05, 3.63) is 83.9 Å². The summed E-state index contributed by atoms with van der Waals surface area (Å²) in [5.74, 6) is 0.455. The number of hydrogen-bond acceptors (Lipinski definition) is 5. The maximum atomic E-state index is 12.8. The molecule has 1 saturated heterocycles. The van der Waals surface area contributed by atoms with Gasteiger partial charge in [-0.3, -0.25) is 10.2 Å². The zero-order valence-electron chi connectivity index (χ0n) is 18.8. The van der Waals surface area contributed by atoms with Crippen LogP contribution in [0.2, 0.25) is 0 Å². The molecule has 170 valence electrons. The molecule has 2 amide bonds. The maximum Gasteiger partial charge on any atom is 0.323 e. The number of nitriles is 1. The number of hydrogen-bond donors (Lipinski definition) is 1. The minimum absolute atomic E-state index is 0.158. The molecule has 0 aliphatic carbocycles. The van der Waals surface area contributed by atoms with Gasteiger partial charge in [-0.2, -0.15) is 5.26 Å². The third kappa shape index (κ3) is 4.63. The van der Waals surface area contributed by atoms with Gasteiger partial charge in [-0.1, -0.05) is 59.8 Å². The molecule has 7 nitrogen and oxygen atoms in total. The summed E-state index contributed by atoms with van der Waals surface area (Å²) < 4.78 is 5.28. The summed E-state index contributed by atoms with van der Waals surface area (Å²) >= 11 is 0. The standard InChI is InChI=1S/C27H25N5O2/c28-13-12-21-7-1-2-9-23(21)22-8-5-6-20(18-22)19-31-14-16-32(17-15-31)27(33)29-26-24-10-3-4-11-25(24)34-30-26/h1-11,18H,12,14-17,19H2,(H,29,30,33). The molecule has 1 N–H and O–H groups in total. The Labute approximate surface area is 198 Å². The van der Waals surface area contributed by atoms with E-state index in [1.807, 2.05) is 47.4 Å². The van der Waals surface area contributed by atoms with Crippen LogP contribution in [-0.4, -0.2) is 47.2 Å². The van der Waals surface area contributed by atoms with Gasteiger partial charge >= 0.3 is 6.03 Å². The summed E-state index contributed by atoms with van der Waals surface area (Å²) in [4.78, 5) is 16.9. The minimum atomic E-state index is -0.158. The van der Waals surface area contributed by atoms with Crippen LogP contribution >= 0.6 is 0 Å². The lowest BCUT2D eigenvalue weighted by Gasteiger charge is -2.34. The Morgan fingerprint density at radius 3 is 2.65 bits per heavy atom. The number of amides is 2. The smallest absolute Gasteiger partial charge is 0.323 e. The Kier molecular flexibility index (Phi) is 6.23. The molecular formula is C27H25N5O2. The molecule has 3 aromatic carbocycles. The van der Waals surface area contributed by atoms with Crippen LogP contribution in [0.1, 0.15) is 11.1 Å². The fraction of sp³-hybridized carbons (Fsp3) is 0.222. The predicted molar refractivity (Wildman–Crippen MR) is 131 cm³/mol. The first-order chi connectivity index (χ1) is 16.7. The summed E-state index contributed by atoms with van der Waals surface area (Å²) in [6, 6.07) is 26.1. The van der Waals surface area contributed by atoms with Crippen LogP contribution < -0.4 is 5.32 Å². The topological polar surface area (TPSA) is 85.4 Å². The molecule has 1 aliphatic heterocycles. The Balaban J connectivity index is 1.20. The Hall–Kier alpha value is -4.15. The van der Waals surface area contributed by atoms with Gasteiger partial charge in [-0.15, -0.1) is 0 Å². The molecule has 0 atom stereocenters. The zero-order valence-corrected chi connectivity index (χ0v) is 18.8. The molecule has 0 unspecified atom stereocenters. The predicted octanol–water partition coefficient (Wildman–Crippen LogP) is 4.91. The van der Waals surface area contributed by atoms with E-state index in [4.69, 9.17) is 9.78 Å². The van der Waals surface area contributed by atoms with E-state index in [0.717, 1.165) is 41.7 Å². The summed E-state index contributed by atoms with van der Waals surface area (Å²) in [5.41, 5.74) is 5.15. The van der Waals surface area contributed by atoms with Crippen LogP contribution in [0, 0.1) is 11.3 Å². The second kappa shape index (κ2) is 9.77. The quantitative estimate of drug-likeness (QED) is 0.466. The number of piperazine rings is 1. The first-order valence-electron chi connectivity index (χ1n) is 11.4. The second-order valence-electron chi connectivity index (χ2n) is 8.41. The van der Waals surface area contributed by atoms with Crippen LogP contribution in [0.25, 0.3) is 22.1 Å². The molecule has 0 radical (unpaired) electrons. The molecule has 1 aromatic heterocycles. The summed E-state index contributed by atoms with van der Waals surface area (Å²) in [5, 5.41) is 16.8. The van der Waals surface area contributed by atoms with Crippen molar-refractivity contribution in [3.63, 3.8) is 0 Å². The van der Waals surface area contributed by atoms with E-state index in [1.54, 1.807) is 0 Å². The average molecular weight is 452 g/mol. The average Bonchev–Trinajstić information content (AvgIpc) is 3.28. The van der Waals surface area contributed by atoms with E-state index in [-0.39, 0.29) is 6.03 Å². The lowest BCUT2D eigenvalue weighted by atomic mass is 9.96. The molecule has 34 heavy (non-hydrogen) atoms. The van der Waals surface area contributed by atoms with Crippen molar-refractivity contribution in [1.29, 1.82) is 5.26 Å². The van der Waals surface area contributed by atoms with Crippen molar-refractivity contribution in [3.8, 4) is 17.2 Å². The first-order valence-corrected chi connectivity index (χ1v) is 11.4. The number of aromatic nitrogens is 1. The van der Waals surface area contributed by atoms with Crippen LogP contribution in [-0.2, 0) is 13.0 Å².